The van der Waals surface area contributed by atoms with Gasteiger partial charge in [0.1, 0.15) is 11.5 Å². The van der Waals surface area contributed by atoms with Gasteiger partial charge in [0.05, 0.1) is 19.3 Å². The molecule has 1 saturated heterocycles. The number of likely N-dealkylation sites (tertiary alicyclic amines) is 1. The molecule has 1 amide bonds. The van der Waals surface area contributed by atoms with E-state index in [2.05, 4.69) is 59.6 Å². The van der Waals surface area contributed by atoms with E-state index in [0.29, 0.717) is 36.4 Å². The maximum atomic E-state index is 12.3. The number of H-pyrrole nitrogens is 1. The third kappa shape index (κ3) is 4.35. The molecule has 0 aliphatic carbocycles. The van der Waals surface area contributed by atoms with Gasteiger partial charge in [0.2, 0.25) is 11.7 Å². The lowest BCUT2D eigenvalue weighted by molar-refractivity contribution is -0.122. The Kier molecular flexibility index (Phi) is 5.15. The molecule has 1 aliphatic heterocycles. The molecule has 0 saturated carbocycles. The van der Waals surface area contributed by atoms with Gasteiger partial charge in [-0.25, -0.2) is 9.97 Å². The number of hydrogen-bond donors (Lipinski definition) is 2. The maximum absolute atomic E-state index is 12.3. The van der Waals surface area contributed by atoms with E-state index < -0.39 is 0 Å². The molecule has 1 aromatic carbocycles. The van der Waals surface area contributed by atoms with Gasteiger partial charge in [-0.2, -0.15) is 5.10 Å². The number of aromatic nitrogens is 5. The fraction of sp³-hybridized carbons (Fsp3) is 0.316. The molecule has 0 radical (unpaired) electrons. The predicted molar refractivity (Wildman–Crippen MR) is 99.5 cm³/mol. The van der Waals surface area contributed by atoms with Crippen LogP contribution in [0.5, 0.6) is 0 Å². The summed E-state index contributed by atoms with van der Waals surface area (Å²) < 4.78 is 0. The Labute approximate surface area is 157 Å². The highest BCUT2D eigenvalue weighted by Crippen LogP contribution is 2.26. The molecule has 0 bridgehead atoms. The van der Waals surface area contributed by atoms with Crippen LogP contribution in [0.4, 0.5) is 0 Å². The quantitative estimate of drug-likeness (QED) is 0.686. The first-order valence-electron chi connectivity index (χ1n) is 8.99. The van der Waals surface area contributed by atoms with E-state index in [4.69, 9.17) is 0 Å². The van der Waals surface area contributed by atoms with Crippen molar-refractivity contribution in [2.45, 2.75) is 18.9 Å². The summed E-state index contributed by atoms with van der Waals surface area (Å²) in [6.45, 7) is 2.55. The van der Waals surface area contributed by atoms with E-state index >= 15 is 0 Å². The molecule has 8 heteroatoms. The summed E-state index contributed by atoms with van der Waals surface area (Å²) in [4.78, 5) is 26.9. The van der Waals surface area contributed by atoms with Crippen molar-refractivity contribution < 1.29 is 4.79 Å². The minimum absolute atomic E-state index is 0.0128. The fourth-order valence-corrected chi connectivity index (χ4v) is 3.32. The summed E-state index contributed by atoms with van der Waals surface area (Å²) in [6.07, 6.45) is 5.87. The normalized spacial score (nSPS) is 17.1. The summed E-state index contributed by atoms with van der Waals surface area (Å²) in [5, 5.41) is 9.83. The molecule has 2 aromatic heterocycles. The van der Waals surface area contributed by atoms with Gasteiger partial charge in [-0.05, 0) is 24.4 Å². The summed E-state index contributed by atoms with van der Waals surface area (Å²) in [5.41, 5.74) is 1.94. The number of carbonyl (C=O) groups is 1. The number of amides is 1. The second-order valence-electron chi connectivity index (χ2n) is 6.60. The van der Waals surface area contributed by atoms with Gasteiger partial charge >= 0.3 is 0 Å². The largest absolute Gasteiger partial charge is 0.348 e. The van der Waals surface area contributed by atoms with Crippen molar-refractivity contribution in [2.75, 3.05) is 19.6 Å². The molecule has 1 unspecified atom stereocenters. The Balaban J connectivity index is 1.25. The summed E-state index contributed by atoms with van der Waals surface area (Å²) in [6, 6.07) is 10.5. The molecule has 1 atom stereocenters. The van der Waals surface area contributed by atoms with Gasteiger partial charge in [0.25, 0.3) is 0 Å². The molecule has 4 rings (SSSR count). The summed E-state index contributed by atoms with van der Waals surface area (Å²) >= 11 is 0. The highest BCUT2D eigenvalue weighted by Gasteiger charge is 2.25. The third-order valence-corrected chi connectivity index (χ3v) is 4.69. The van der Waals surface area contributed by atoms with Crippen molar-refractivity contribution in [3.8, 4) is 11.5 Å². The number of nitrogens with zero attached hydrogens (tertiary/aromatic N) is 5. The topological polar surface area (TPSA) is 99.7 Å². The highest BCUT2D eigenvalue weighted by atomic mass is 16.2. The lowest BCUT2D eigenvalue weighted by Gasteiger charge is -2.15. The van der Waals surface area contributed by atoms with Crippen LogP contribution in [0.15, 0.2) is 48.9 Å². The van der Waals surface area contributed by atoms with Gasteiger partial charge in [-0.3, -0.25) is 19.8 Å². The SMILES string of the molecule is O=C(CN1CCC(c2ccccc2)C1)NCc1nc(-c2cnccn2)n[nH]1. The van der Waals surface area contributed by atoms with Crippen LogP contribution in [0.25, 0.3) is 11.5 Å². The number of hydrogen-bond acceptors (Lipinski definition) is 6. The average molecular weight is 363 g/mol. The first kappa shape index (κ1) is 17.3. The van der Waals surface area contributed by atoms with Crippen molar-refractivity contribution in [1.29, 1.82) is 0 Å². The average Bonchev–Trinajstić information content (AvgIpc) is 3.37. The zero-order valence-electron chi connectivity index (χ0n) is 14.9. The second-order valence-corrected chi connectivity index (χ2v) is 6.60. The molecule has 3 heterocycles. The van der Waals surface area contributed by atoms with E-state index in [0.717, 1.165) is 19.5 Å². The van der Waals surface area contributed by atoms with Gasteiger partial charge in [0.15, 0.2) is 0 Å². The molecule has 0 spiro atoms. The van der Waals surface area contributed by atoms with Gasteiger partial charge in [-0.1, -0.05) is 30.3 Å². The van der Waals surface area contributed by atoms with Crippen molar-refractivity contribution in [3.05, 3.63) is 60.3 Å². The Morgan fingerprint density at radius 1 is 1.26 bits per heavy atom. The minimum atomic E-state index is -0.0128. The Bertz CT molecular complexity index is 881. The standard InChI is InChI=1S/C19H21N7O/c27-18(13-26-9-6-15(12-26)14-4-2-1-3-5-14)22-11-17-23-19(25-24-17)16-10-20-7-8-21-16/h1-5,7-8,10,15H,6,9,11-13H2,(H,22,27)(H,23,24,25). The van der Waals surface area contributed by atoms with Crippen LogP contribution in [-0.4, -0.2) is 55.6 Å². The van der Waals surface area contributed by atoms with Gasteiger partial charge in [0, 0.05) is 18.9 Å². The number of benzene rings is 1. The van der Waals surface area contributed by atoms with E-state index in [1.807, 2.05) is 6.07 Å². The van der Waals surface area contributed by atoms with Crippen molar-refractivity contribution >= 4 is 5.91 Å². The third-order valence-electron chi connectivity index (χ3n) is 4.69. The van der Waals surface area contributed by atoms with Crippen molar-refractivity contribution in [3.63, 3.8) is 0 Å². The minimum Gasteiger partial charge on any atom is -0.348 e. The summed E-state index contributed by atoms with van der Waals surface area (Å²) in [7, 11) is 0. The first-order chi connectivity index (χ1) is 13.3. The number of rotatable bonds is 6. The zero-order valence-corrected chi connectivity index (χ0v) is 14.9. The van der Waals surface area contributed by atoms with Crippen molar-refractivity contribution in [2.24, 2.45) is 0 Å². The number of nitrogens with one attached hydrogen (secondary N) is 2. The van der Waals surface area contributed by atoms with Crippen LogP contribution in [0.2, 0.25) is 0 Å². The van der Waals surface area contributed by atoms with Crippen LogP contribution in [-0.2, 0) is 11.3 Å². The van der Waals surface area contributed by atoms with E-state index in [9.17, 15) is 4.79 Å². The van der Waals surface area contributed by atoms with Crippen LogP contribution in [0, 0.1) is 0 Å². The molecular weight excluding hydrogens is 342 g/mol. The van der Waals surface area contributed by atoms with Crippen LogP contribution in [0.3, 0.4) is 0 Å². The van der Waals surface area contributed by atoms with E-state index in [-0.39, 0.29) is 5.91 Å². The van der Waals surface area contributed by atoms with Crippen LogP contribution < -0.4 is 5.32 Å². The molecule has 27 heavy (non-hydrogen) atoms. The smallest absolute Gasteiger partial charge is 0.234 e. The first-order valence-corrected chi connectivity index (χ1v) is 8.99. The van der Waals surface area contributed by atoms with Gasteiger partial charge < -0.3 is 5.32 Å². The molecule has 8 nitrogen and oxygen atoms in total. The molecule has 1 aliphatic rings. The molecule has 1 fully saturated rings. The Morgan fingerprint density at radius 3 is 2.96 bits per heavy atom. The molecule has 3 aromatic rings. The molecule has 2 N–H and O–H groups in total. The lowest BCUT2D eigenvalue weighted by atomic mass is 9.99. The summed E-state index contributed by atoms with van der Waals surface area (Å²) in [5.74, 6) is 1.55. The monoisotopic (exact) mass is 363 g/mol. The molecular formula is C19H21N7O. The highest BCUT2D eigenvalue weighted by molar-refractivity contribution is 5.78. The zero-order chi connectivity index (χ0) is 18.5. The van der Waals surface area contributed by atoms with Crippen LogP contribution in [0.1, 0.15) is 23.7 Å². The maximum Gasteiger partial charge on any atom is 0.234 e. The predicted octanol–water partition coefficient (Wildman–Crippen LogP) is 1.37. The molecule has 138 valence electrons. The Hall–Kier alpha value is -3.13. The Morgan fingerprint density at radius 2 is 2.15 bits per heavy atom. The van der Waals surface area contributed by atoms with Gasteiger partial charge in [-0.15, -0.1) is 0 Å². The number of aromatic amines is 1. The van der Waals surface area contributed by atoms with E-state index in [1.165, 1.54) is 5.56 Å². The second kappa shape index (κ2) is 8.05. The fourth-order valence-electron chi connectivity index (χ4n) is 3.32. The van der Waals surface area contributed by atoms with Crippen molar-refractivity contribution in [1.82, 2.24) is 35.4 Å². The van der Waals surface area contributed by atoms with E-state index in [1.54, 1.807) is 18.6 Å². The van der Waals surface area contributed by atoms with Crippen LogP contribution >= 0.6 is 0 Å². The number of carbonyl (C=O) groups excluding carboxylic acids is 1. The lowest BCUT2D eigenvalue weighted by Crippen LogP contribution is -2.35.